The van der Waals surface area contributed by atoms with Crippen molar-refractivity contribution in [1.29, 1.82) is 0 Å². The maximum atomic E-state index is 13.9. The number of pyridine rings is 1. The van der Waals surface area contributed by atoms with Crippen molar-refractivity contribution in [2.45, 2.75) is 31.0 Å². The zero-order valence-corrected chi connectivity index (χ0v) is 21.8. The van der Waals surface area contributed by atoms with Crippen LogP contribution in [-0.4, -0.2) is 34.9 Å². The smallest absolute Gasteiger partial charge is 0.240 e. The Kier molecular flexibility index (Phi) is 6.08. The van der Waals surface area contributed by atoms with Crippen molar-refractivity contribution in [2.24, 2.45) is 0 Å². The molecule has 1 aromatic heterocycles. The monoisotopic (exact) mass is 526 g/mol. The van der Waals surface area contributed by atoms with E-state index in [9.17, 15) is 15.0 Å². The Morgan fingerprint density at radius 2 is 1.71 bits per heavy atom. The van der Waals surface area contributed by atoms with Crippen molar-refractivity contribution in [3.63, 3.8) is 0 Å². The van der Waals surface area contributed by atoms with Crippen molar-refractivity contribution >= 4 is 23.2 Å². The number of benzene rings is 3. The molecule has 192 valence electrons. The van der Waals surface area contributed by atoms with Gasteiger partial charge in [0.15, 0.2) is 6.29 Å². The van der Waals surface area contributed by atoms with E-state index in [2.05, 4.69) is 17.1 Å². The number of amides is 1. The van der Waals surface area contributed by atoms with E-state index in [4.69, 9.17) is 16.3 Å². The number of anilines is 1. The number of fused-ring (bicyclic) bond motifs is 2. The Hall–Kier alpha value is -3.55. The molecular formula is C31H27ClN2O4. The predicted molar refractivity (Wildman–Crippen MR) is 147 cm³/mol. The lowest BCUT2D eigenvalue weighted by molar-refractivity contribution is -0.121. The number of aromatic nitrogens is 1. The molecule has 1 saturated carbocycles. The molecule has 0 bridgehead atoms. The first-order valence-electron chi connectivity index (χ1n) is 12.5. The van der Waals surface area contributed by atoms with Crippen molar-refractivity contribution in [2.75, 3.05) is 18.7 Å². The molecule has 2 atom stereocenters. The number of aliphatic hydroxyl groups is 2. The molecule has 6 rings (SSSR count). The third kappa shape index (κ3) is 3.84. The van der Waals surface area contributed by atoms with Gasteiger partial charge in [0, 0.05) is 36.5 Å². The summed E-state index contributed by atoms with van der Waals surface area (Å²) < 4.78 is 5.38. The minimum atomic E-state index is -1.57. The van der Waals surface area contributed by atoms with Crippen LogP contribution in [0.5, 0.6) is 0 Å². The van der Waals surface area contributed by atoms with E-state index in [1.54, 1.807) is 30.5 Å². The number of halogens is 1. The van der Waals surface area contributed by atoms with Crippen LogP contribution in [0.2, 0.25) is 5.02 Å². The molecule has 38 heavy (non-hydrogen) atoms. The minimum Gasteiger partial charge on any atom is -0.364 e. The van der Waals surface area contributed by atoms with Crippen LogP contribution in [0, 0.1) is 6.92 Å². The lowest BCUT2D eigenvalue weighted by Gasteiger charge is -2.17. The highest BCUT2D eigenvalue weighted by Gasteiger charge is 2.67. The van der Waals surface area contributed by atoms with E-state index in [0.29, 0.717) is 17.0 Å². The number of aryl methyl sites for hydroxylation is 1. The van der Waals surface area contributed by atoms with Crippen LogP contribution in [0.25, 0.3) is 22.3 Å². The number of rotatable bonds is 6. The van der Waals surface area contributed by atoms with E-state index >= 15 is 0 Å². The van der Waals surface area contributed by atoms with Crippen LogP contribution in [0.3, 0.4) is 0 Å². The van der Waals surface area contributed by atoms with Crippen molar-refractivity contribution in [3.05, 3.63) is 106 Å². The summed E-state index contributed by atoms with van der Waals surface area (Å²) in [6.45, 7) is 1.97. The molecule has 1 aliphatic carbocycles. The maximum Gasteiger partial charge on any atom is 0.240 e. The van der Waals surface area contributed by atoms with E-state index in [-0.39, 0.29) is 18.6 Å². The molecule has 1 fully saturated rings. The minimum absolute atomic E-state index is 0.0210. The van der Waals surface area contributed by atoms with Gasteiger partial charge in [0.05, 0.1) is 16.1 Å². The average molecular weight is 527 g/mol. The zero-order chi connectivity index (χ0) is 26.6. The first-order chi connectivity index (χ1) is 18.3. The molecule has 1 aliphatic heterocycles. The quantitative estimate of drug-likeness (QED) is 0.313. The number of methoxy groups -OCH3 is 1. The van der Waals surface area contributed by atoms with Gasteiger partial charge >= 0.3 is 0 Å². The van der Waals surface area contributed by atoms with E-state index < -0.39 is 11.7 Å². The van der Waals surface area contributed by atoms with Crippen LogP contribution in [0.15, 0.2) is 79.1 Å². The second kappa shape index (κ2) is 9.33. The molecule has 2 heterocycles. The normalized spacial score (nSPS) is 19.9. The largest absolute Gasteiger partial charge is 0.364 e. The molecule has 6 nitrogen and oxygen atoms in total. The highest BCUT2D eigenvalue weighted by molar-refractivity contribution is 6.34. The van der Waals surface area contributed by atoms with Gasteiger partial charge in [0.2, 0.25) is 5.91 Å². The summed E-state index contributed by atoms with van der Waals surface area (Å²) >= 11 is 6.81. The fourth-order valence-electron chi connectivity index (χ4n) is 5.83. The Balaban J connectivity index is 1.43. The Bertz CT molecular complexity index is 1540. The average Bonchev–Trinajstić information content (AvgIpc) is 3.64. The van der Waals surface area contributed by atoms with Gasteiger partial charge in [-0.15, -0.1) is 0 Å². The molecule has 2 N–H and O–H groups in total. The molecule has 4 aromatic rings. The topological polar surface area (TPSA) is 82.9 Å². The SMILES string of the molecule is COCN1C(=O)C2(CC2c2ccc(C)c(C(O)O)c2)c2cc(-c3ccc(-c4ccncc4)cc3)c(Cl)cc21. The summed E-state index contributed by atoms with van der Waals surface area (Å²) in [7, 11) is 1.57. The summed E-state index contributed by atoms with van der Waals surface area (Å²) in [5.74, 6) is -0.107. The summed E-state index contributed by atoms with van der Waals surface area (Å²) in [5.41, 5.74) is 7.09. The summed E-state index contributed by atoms with van der Waals surface area (Å²) in [6, 6.07) is 21.7. The van der Waals surface area contributed by atoms with E-state index in [0.717, 1.165) is 44.6 Å². The van der Waals surface area contributed by atoms with E-state index in [1.807, 2.05) is 55.5 Å². The lowest BCUT2D eigenvalue weighted by Crippen LogP contribution is -2.34. The molecule has 1 spiro atoms. The molecule has 3 aromatic carbocycles. The number of carbonyl (C=O) groups is 1. The number of ether oxygens (including phenoxy) is 1. The predicted octanol–water partition coefficient (Wildman–Crippen LogP) is 5.74. The number of nitrogens with zero attached hydrogens (tertiary/aromatic N) is 2. The first kappa shape index (κ1) is 24.8. The molecule has 2 aliphatic rings. The standard InChI is InChI=1S/C31H27ClN2O4/c1-18-3-4-22(13-23(18)29(35)36)26-16-31(26)25-14-24(27(32)15-28(25)34(17-38-2)30(31)37)21-7-5-19(6-8-21)20-9-11-33-12-10-20/h3-15,26,29,35-36H,16-17H2,1-2H3. The first-order valence-corrected chi connectivity index (χ1v) is 12.9. The number of hydrogen-bond acceptors (Lipinski definition) is 5. The fourth-order valence-corrected chi connectivity index (χ4v) is 6.09. The highest BCUT2D eigenvalue weighted by atomic mass is 35.5. The van der Waals surface area contributed by atoms with Crippen LogP contribution in [0.4, 0.5) is 5.69 Å². The molecule has 2 unspecified atom stereocenters. The van der Waals surface area contributed by atoms with Crippen molar-refractivity contribution in [1.82, 2.24) is 4.98 Å². The summed E-state index contributed by atoms with van der Waals surface area (Å²) in [6.07, 6.45) is 2.60. The molecule has 1 amide bonds. The van der Waals surface area contributed by atoms with Gasteiger partial charge in [-0.1, -0.05) is 54.1 Å². The summed E-state index contributed by atoms with van der Waals surface area (Å²) in [4.78, 5) is 19.6. The second-order valence-corrected chi connectivity index (χ2v) is 10.4. The van der Waals surface area contributed by atoms with Gasteiger partial charge in [-0.2, -0.15) is 0 Å². The zero-order valence-electron chi connectivity index (χ0n) is 21.1. The fraction of sp³-hybridized carbons (Fsp3) is 0.226. The van der Waals surface area contributed by atoms with Crippen LogP contribution < -0.4 is 4.90 Å². The van der Waals surface area contributed by atoms with Crippen molar-refractivity contribution in [3.8, 4) is 22.3 Å². The molecular weight excluding hydrogens is 500 g/mol. The van der Waals surface area contributed by atoms with Gasteiger partial charge in [0.25, 0.3) is 0 Å². The number of hydrogen-bond donors (Lipinski definition) is 2. The van der Waals surface area contributed by atoms with E-state index in [1.165, 1.54) is 0 Å². The lowest BCUT2D eigenvalue weighted by atomic mass is 9.89. The van der Waals surface area contributed by atoms with Crippen LogP contribution in [0.1, 0.15) is 40.9 Å². The van der Waals surface area contributed by atoms with Gasteiger partial charge in [-0.25, -0.2) is 0 Å². The molecule has 7 heteroatoms. The van der Waals surface area contributed by atoms with Gasteiger partial charge in [0.1, 0.15) is 6.73 Å². The van der Waals surface area contributed by atoms with Gasteiger partial charge < -0.3 is 14.9 Å². The van der Waals surface area contributed by atoms with Gasteiger partial charge in [-0.05, 0) is 71.0 Å². The number of carbonyl (C=O) groups excluding carboxylic acids is 1. The van der Waals surface area contributed by atoms with Crippen LogP contribution in [-0.2, 0) is 14.9 Å². The summed E-state index contributed by atoms with van der Waals surface area (Å²) in [5, 5.41) is 20.2. The molecule has 0 radical (unpaired) electrons. The Morgan fingerprint density at radius 3 is 2.39 bits per heavy atom. The maximum absolute atomic E-state index is 13.9. The second-order valence-electron chi connectivity index (χ2n) is 10.0. The third-order valence-electron chi connectivity index (χ3n) is 7.90. The third-order valence-corrected chi connectivity index (χ3v) is 8.21. The highest BCUT2D eigenvalue weighted by Crippen LogP contribution is 2.67. The van der Waals surface area contributed by atoms with Crippen LogP contribution >= 0.6 is 11.6 Å². The Labute approximate surface area is 226 Å². The molecule has 0 saturated heterocycles. The van der Waals surface area contributed by atoms with Crippen molar-refractivity contribution < 1.29 is 19.7 Å². The Morgan fingerprint density at radius 1 is 1.03 bits per heavy atom. The number of aliphatic hydroxyl groups excluding tert-OH is 1. The van der Waals surface area contributed by atoms with Gasteiger partial charge in [-0.3, -0.25) is 14.7 Å².